The topological polar surface area (TPSA) is 105 Å². The first-order valence-corrected chi connectivity index (χ1v) is 7.55. The van der Waals surface area contributed by atoms with Crippen LogP contribution in [0.2, 0.25) is 0 Å². The summed E-state index contributed by atoms with van der Waals surface area (Å²) in [7, 11) is 0. The third kappa shape index (κ3) is 4.60. The number of pyridine rings is 1. The molecule has 1 amide bonds. The fourth-order valence-corrected chi connectivity index (χ4v) is 2.36. The number of aliphatic hydroxyl groups is 1. The summed E-state index contributed by atoms with van der Waals surface area (Å²) in [6.07, 6.45) is 2.24. The fraction of sp³-hybridized carbons (Fsp3) is 0.294. The lowest BCUT2D eigenvalue weighted by Gasteiger charge is -2.15. The van der Waals surface area contributed by atoms with Gasteiger partial charge in [-0.05, 0) is 37.6 Å². The van der Waals surface area contributed by atoms with E-state index < -0.39 is 4.92 Å². The zero-order valence-corrected chi connectivity index (χ0v) is 13.3. The van der Waals surface area contributed by atoms with Crippen LogP contribution in [0.25, 0.3) is 0 Å². The molecule has 2 rings (SSSR count). The third-order valence-electron chi connectivity index (χ3n) is 3.69. The van der Waals surface area contributed by atoms with Crippen molar-refractivity contribution in [1.82, 2.24) is 10.3 Å². The minimum atomic E-state index is -0.480. The Morgan fingerprint density at radius 2 is 2.17 bits per heavy atom. The first-order valence-electron chi connectivity index (χ1n) is 7.55. The van der Waals surface area contributed by atoms with E-state index >= 15 is 0 Å². The second kappa shape index (κ2) is 8.16. The van der Waals surface area contributed by atoms with Gasteiger partial charge in [-0.2, -0.15) is 0 Å². The Hall–Kier alpha value is -2.80. The Morgan fingerprint density at radius 3 is 2.75 bits per heavy atom. The highest BCUT2D eigenvalue weighted by Gasteiger charge is 2.15. The molecule has 1 unspecified atom stereocenters. The van der Waals surface area contributed by atoms with E-state index in [1.807, 2.05) is 18.2 Å². The maximum atomic E-state index is 12.2. The number of hydrogen-bond acceptors (Lipinski definition) is 5. The van der Waals surface area contributed by atoms with Crippen molar-refractivity contribution in [2.24, 2.45) is 5.92 Å². The van der Waals surface area contributed by atoms with Gasteiger partial charge in [-0.3, -0.25) is 19.9 Å². The molecule has 0 aliphatic rings. The number of benzene rings is 1. The summed E-state index contributed by atoms with van der Waals surface area (Å²) in [6, 6.07) is 9.78. The fourth-order valence-electron chi connectivity index (χ4n) is 2.36. The molecule has 2 N–H and O–H groups in total. The first-order chi connectivity index (χ1) is 11.5. The Labute approximate surface area is 139 Å². The number of nitro groups is 1. The molecule has 0 radical (unpaired) electrons. The number of carbonyl (C=O) groups is 1. The summed E-state index contributed by atoms with van der Waals surface area (Å²) in [5, 5.41) is 23.0. The van der Waals surface area contributed by atoms with E-state index in [1.54, 1.807) is 13.1 Å². The molecule has 1 aromatic heterocycles. The number of carbonyl (C=O) groups excluding carboxylic acids is 1. The molecule has 0 aliphatic carbocycles. The molecular formula is C17H19N3O4. The van der Waals surface area contributed by atoms with Crippen LogP contribution in [-0.4, -0.2) is 34.1 Å². The van der Waals surface area contributed by atoms with Crippen molar-refractivity contribution in [2.75, 3.05) is 13.2 Å². The van der Waals surface area contributed by atoms with Crippen molar-refractivity contribution in [3.63, 3.8) is 0 Å². The predicted molar refractivity (Wildman–Crippen MR) is 88.7 cm³/mol. The van der Waals surface area contributed by atoms with E-state index in [0.717, 1.165) is 5.69 Å². The standard InChI is InChI=1S/C17H19N3O4/c1-12-8-14(5-6-16(12)20(23)24)17(22)19-10-13(11-21)9-15-4-2-3-7-18-15/h2-8,13,21H,9-11H2,1H3,(H,19,22). The minimum Gasteiger partial charge on any atom is -0.396 e. The van der Waals surface area contributed by atoms with Gasteiger partial charge < -0.3 is 10.4 Å². The maximum absolute atomic E-state index is 12.2. The monoisotopic (exact) mass is 329 g/mol. The van der Waals surface area contributed by atoms with Crippen LogP contribution in [0, 0.1) is 23.0 Å². The molecule has 0 aliphatic heterocycles. The average Bonchev–Trinajstić information content (AvgIpc) is 2.58. The normalized spacial score (nSPS) is 11.8. The van der Waals surface area contributed by atoms with E-state index in [0.29, 0.717) is 24.1 Å². The highest BCUT2D eigenvalue weighted by atomic mass is 16.6. The maximum Gasteiger partial charge on any atom is 0.272 e. The molecule has 2 aromatic rings. The molecule has 0 saturated heterocycles. The number of nitrogens with zero attached hydrogens (tertiary/aromatic N) is 2. The molecule has 126 valence electrons. The summed E-state index contributed by atoms with van der Waals surface area (Å²) >= 11 is 0. The third-order valence-corrected chi connectivity index (χ3v) is 3.69. The highest BCUT2D eigenvalue weighted by molar-refractivity contribution is 5.94. The minimum absolute atomic E-state index is 0.0186. The second-order valence-corrected chi connectivity index (χ2v) is 5.54. The summed E-state index contributed by atoms with van der Waals surface area (Å²) in [5.41, 5.74) is 1.61. The van der Waals surface area contributed by atoms with Crippen molar-refractivity contribution >= 4 is 11.6 Å². The summed E-state index contributed by atoms with van der Waals surface area (Å²) in [4.78, 5) is 26.7. The predicted octanol–water partition coefficient (Wildman–Crippen LogP) is 1.88. The number of rotatable bonds is 7. The number of amides is 1. The number of aryl methyl sites for hydroxylation is 1. The lowest BCUT2D eigenvalue weighted by atomic mass is 10.0. The largest absolute Gasteiger partial charge is 0.396 e. The van der Waals surface area contributed by atoms with Crippen LogP contribution in [-0.2, 0) is 6.42 Å². The highest BCUT2D eigenvalue weighted by Crippen LogP contribution is 2.18. The smallest absolute Gasteiger partial charge is 0.272 e. The molecule has 7 nitrogen and oxygen atoms in total. The van der Waals surface area contributed by atoms with Crippen LogP contribution in [0.4, 0.5) is 5.69 Å². The number of aliphatic hydroxyl groups excluding tert-OH is 1. The Kier molecular flexibility index (Phi) is 5.97. The van der Waals surface area contributed by atoms with Gasteiger partial charge in [0, 0.05) is 48.2 Å². The molecular weight excluding hydrogens is 310 g/mol. The van der Waals surface area contributed by atoms with Crippen molar-refractivity contribution in [2.45, 2.75) is 13.3 Å². The van der Waals surface area contributed by atoms with Crippen molar-refractivity contribution in [1.29, 1.82) is 0 Å². The van der Waals surface area contributed by atoms with Gasteiger partial charge in [0.25, 0.3) is 11.6 Å². The van der Waals surface area contributed by atoms with E-state index in [1.165, 1.54) is 18.2 Å². The van der Waals surface area contributed by atoms with Gasteiger partial charge in [0.15, 0.2) is 0 Å². The number of aromatic nitrogens is 1. The Balaban J connectivity index is 1.96. The summed E-state index contributed by atoms with van der Waals surface area (Å²) in [6.45, 7) is 1.81. The van der Waals surface area contributed by atoms with Crippen molar-refractivity contribution < 1.29 is 14.8 Å². The molecule has 0 fully saturated rings. The number of nitrogens with one attached hydrogen (secondary N) is 1. The SMILES string of the molecule is Cc1cc(C(=O)NCC(CO)Cc2ccccn2)ccc1[N+](=O)[O-]. The molecule has 1 heterocycles. The van der Waals surface area contributed by atoms with Crippen LogP contribution in [0.15, 0.2) is 42.6 Å². The van der Waals surface area contributed by atoms with Gasteiger partial charge in [-0.25, -0.2) is 0 Å². The zero-order chi connectivity index (χ0) is 17.5. The summed E-state index contributed by atoms with van der Waals surface area (Å²) in [5.74, 6) is -0.476. The zero-order valence-electron chi connectivity index (χ0n) is 13.3. The second-order valence-electron chi connectivity index (χ2n) is 5.54. The van der Waals surface area contributed by atoms with E-state index in [2.05, 4.69) is 10.3 Å². The van der Waals surface area contributed by atoms with Gasteiger partial charge in [0.1, 0.15) is 0 Å². The van der Waals surface area contributed by atoms with Gasteiger partial charge >= 0.3 is 0 Å². The average molecular weight is 329 g/mol. The van der Waals surface area contributed by atoms with Gasteiger partial charge in [0.05, 0.1) is 4.92 Å². The van der Waals surface area contributed by atoms with E-state index in [9.17, 15) is 20.0 Å². The summed E-state index contributed by atoms with van der Waals surface area (Å²) < 4.78 is 0. The number of nitro benzene ring substituents is 1. The lowest BCUT2D eigenvalue weighted by Crippen LogP contribution is -2.32. The molecule has 24 heavy (non-hydrogen) atoms. The van der Waals surface area contributed by atoms with E-state index in [4.69, 9.17) is 0 Å². The van der Waals surface area contributed by atoms with Crippen molar-refractivity contribution in [3.05, 3.63) is 69.5 Å². The van der Waals surface area contributed by atoms with Crippen LogP contribution >= 0.6 is 0 Å². The Morgan fingerprint density at radius 1 is 1.38 bits per heavy atom. The molecule has 0 spiro atoms. The molecule has 0 saturated carbocycles. The molecule has 1 atom stereocenters. The molecule has 0 bridgehead atoms. The van der Waals surface area contributed by atoms with Crippen LogP contribution in [0.5, 0.6) is 0 Å². The van der Waals surface area contributed by atoms with Crippen LogP contribution in [0.1, 0.15) is 21.6 Å². The molecule has 1 aromatic carbocycles. The lowest BCUT2D eigenvalue weighted by molar-refractivity contribution is -0.385. The van der Waals surface area contributed by atoms with Crippen LogP contribution in [0.3, 0.4) is 0 Å². The van der Waals surface area contributed by atoms with Gasteiger partial charge in [-0.1, -0.05) is 6.07 Å². The van der Waals surface area contributed by atoms with Gasteiger partial charge in [-0.15, -0.1) is 0 Å². The quantitative estimate of drug-likeness (QED) is 0.596. The van der Waals surface area contributed by atoms with Gasteiger partial charge in [0.2, 0.25) is 0 Å². The van der Waals surface area contributed by atoms with E-state index in [-0.39, 0.29) is 24.1 Å². The Bertz CT molecular complexity index is 719. The van der Waals surface area contributed by atoms with Crippen molar-refractivity contribution in [3.8, 4) is 0 Å². The first kappa shape index (κ1) is 17.6. The molecule has 7 heteroatoms. The van der Waals surface area contributed by atoms with Crippen LogP contribution < -0.4 is 5.32 Å². The number of hydrogen-bond donors (Lipinski definition) is 2.